The summed E-state index contributed by atoms with van der Waals surface area (Å²) in [5, 5.41) is 6.02. The normalized spacial score (nSPS) is 11.1. The third-order valence-corrected chi connectivity index (χ3v) is 4.18. The van der Waals surface area contributed by atoms with Crippen LogP contribution in [0.1, 0.15) is 11.1 Å². The number of likely N-dealkylation sites (N-methyl/N-ethyl adjacent to an activating group) is 1. The zero-order chi connectivity index (χ0) is 21.2. The van der Waals surface area contributed by atoms with E-state index < -0.39 is 11.6 Å². The summed E-state index contributed by atoms with van der Waals surface area (Å²) < 4.78 is 32.2. The molecule has 0 atom stereocenters. The molecule has 156 valence electrons. The summed E-state index contributed by atoms with van der Waals surface area (Å²) >= 11 is 0. The van der Waals surface area contributed by atoms with Crippen molar-refractivity contribution >= 4 is 11.9 Å². The number of nitrogens with zero attached hydrogens (tertiary/aromatic N) is 2. The van der Waals surface area contributed by atoms with Crippen LogP contribution in [0, 0.1) is 11.6 Å². The highest BCUT2D eigenvalue weighted by Crippen LogP contribution is 2.12. The highest BCUT2D eigenvalue weighted by Gasteiger charge is 2.08. The molecule has 0 aliphatic carbocycles. The summed E-state index contributed by atoms with van der Waals surface area (Å²) in [6, 6.07) is 10.8. The number of amides is 1. The molecule has 2 N–H and O–H groups in total. The monoisotopic (exact) mass is 404 g/mol. The molecular weight excluding hydrogens is 378 g/mol. The molecular formula is C21H26F2N4O2. The van der Waals surface area contributed by atoms with Crippen LogP contribution in [0.2, 0.25) is 0 Å². The van der Waals surface area contributed by atoms with Gasteiger partial charge in [0.1, 0.15) is 17.4 Å². The Labute approximate surface area is 169 Å². The van der Waals surface area contributed by atoms with E-state index in [1.807, 2.05) is 24.3 Å². The molecule has 0 fully saturated rings. The molecule has 2 rings (SSSR count). The van der Waals surface area contributed by atoms with Crippen molar-refractivity contribution < 1.29 is 18.3 Å². The van der Waals surface area contributed by atoms with E-state index in [-0.39, 0.29) is 24.4 Å². The fraction of sp³-hybridized carbons (Fsp3) is 0.333. The Morgan fingerprint density at radius 3 is 2.48 bits per heavy atom. The topological polar surface area (TPSA) is 66.0 Å². The van der Waals surface area contributed by atoms with Crippen LogP contribution >= 0.6 is 0 Å². The van der Waals surface area contributed by atoms with Crippen molar-refractivity contribution in [1.29, 1.82) is 0 Å². The van der Waals surface area contributed by atoms with Crippen LogP contribution in [-0.2, 0) is 17.8 Å². The smallest absolute Gasteiger partial charge is 0.241 e. The lowest BCUT2D eigenvalue weighted by Gasteiger charge is -2.15. The minimum absolute atomic E-state index is 0.0653. The van der Waals surface area contributed by atoms with E-state index in [0.717, 1.165) is 23.4 Å². The van der Waals surface area contributed by atoms with Gasteiger partial charge in [0.25, 0.3) is 0 Å². The lowest BCUT2D eigenvalue weighted by Crippen LogP contribution is -2.43. The number of methoxy groups -OCH3 is 1. The van der Waals surface area contributed by atoms with Gasteiger partial charge in [-0.1, -0.05) is 12.1 Å². The Morgan fingerprint density at radius 2 is 1.83 bits per heavy atom. The van der Waals surface area contributed by atoms with Crippen LogP contribution in [0.5, 0.6) is 5.75 Å². The Bertz CT molecular complexity index is 839. The van der Waals surface area contributed by atoms with Gasteiger partial charge in [-0.05, 0) is 47.9 Å². The van der Waals surface area contributed by atoms with E-state index in [0.29, 0.717) is 19.0 Å². The largest absolute Gasteiger partial charge is 0.497 e. The first-order valence-corrected chi connectivity index (χ1v) is 9.18. The Hall–Kier alpha value is -3.16. The first-order chi connectivity index (χ1) is 13.9. The van der Waals surface area contributed by atoms with Gasteiger partial charge in [0, 0.05) is 20.6 Å². The molecule has 29 heavy (non-hydrogen) atoms. The number of hydrogen-bond acceptors (Lipinski definition) is 3. The predicted octanol–water partition coefficient (Wildman–Crippen LogP) is 2.34. The van der Waals surface area contributed by atoms with Crippen molar-refractivity contribution in [2.24, 2.45) is 4.99 Å². The molecule has 0 aliphatic rings. The SMILES string of the molecule is COc1ccc(CN=C(NCCc2cc(F)ccc2F)NCC(=O)N(C)C)cc1. The summed E-state index contributed by atoms with van der Waals surface area (Å²) in [4.78, 5) is 17.8. The molecule has 0 bridgehead atoms. The van der Waals surface area contributed by atoms with E-state index in [1.165, 1.54) is 11.0 Å². The van der Waals surface area contributed by atoms with Gasteiger partial charge in [-0.25, -0.2) is 13.8 Å². The van der Waals surface area contributed by atoms with Gasteiger partial charge in [-0.2, -0.15) is 0 Å². The van der Waals surface area contributed by atoms with E-state index in [2.05, 4.69) is 15.6 Å². The Morgan fingerprint density at radius 1 is 1.10 bits per heavy atom. The second-order valence-corrected chi connectivity index (χ2v) is 6.57. The van der Waals surface area contributed by atoms with Crippen LogP contribution in [0.15, 0.2) is 47.5 Å². The molecule has 0 unspecified atom stereocenters. The summed E-state index contributed by atoms with van der Waals surface area (Å²) in [6.45, 7) is 0.768. The molecule has 2 aromatic carbocycles. The van der Waals surface area contributed by atoms with Crippen LogP contribution in [-0.4, -0.2) is 51.1 Å². The predicted molar refractivity (Wildman–Crippen MR) is 109 cm³/mol. The maximum absolute atomic E-state index is 13.8. The molecule has 0 aliphatic heterocycles. The maximum atomic E-state index is 13.8. The number of halogens is 2. The highest BCUT2D eigenvalue weighted by atomic mass is 19.1. The van der Waals surface area contributed by atoms with Gasteiger partial charge in [-0.3, -0.25) is 4.79 Å². The standard InChI is InChI=1S/C21H26F2N4O2/c1-27(2)20(28)14-26-21(25-13-15-4-7-18(29-3)8-5-15)24-11-10-16-12-17(22)6-9-19(16)23/h4-9,12H,10-11,13-14H2,1-3H3,(H2,24,25,26). The number of rotatable bonds is 8. The number of carbonyl (C=O) groups is 1. The minimum Gasteiger partial charge on any atom is -0.497 e. The van der Waals surface area contributed by atoms with Crippen LogP contribution in [0.3, 0.4) is 0 Å². The summed E-state index contributed by atoms with van der Waals surface area (Å²) in [5.41, 5.74) is 1.23. The lowest BCUT2D eigenvalue weighted by molar-refractivity contribution is -0.127. The quantitative estimate of drug-likeness (QED) is 0.524. The van der Waals surface area contributed by atoms with E-state index in [1.54, 1.807) is 21.2 Å². The van der Waals surface area contributed by atoms with Gasteiger partial charge in [0.05, 0.1) is 20.2 Å². The molecule has 0 spiro atoms. The second-order valence-electron chi connectivity index (χ2n) is 6.57. The van der Waals surface area contributed by atoms with Crippen LogP contribution in [0.4, 0.5) is 8.78 Å². The number of nitrogens with one attached hydrogen (secondary N) is 2. The first-order valence-electron chi connectivity index (χ1n) is 9.18. The average Bonchev–Trinajstić information content (AvgIpc) is 2.72. The fourth-order valence-corrected chi connectivity index (χ4v) is 2.44. The third-order valence-electron chi connectivity index (χ3n) is 4.18. The molecule has 8 heteroatoms. The van der Waals surface area contributed by atoms with Crippen molar-refractivity contribution in [3.63, 3.8) is 0 Å². The lowest BCUT2D eigenvalue weighted by atomic mass is 10.1. The number of hydrogen-bond donors (Lipinski definition) is 2. The van der Waals surface area contributed by atoms with Crippen LogP contribution < -0.4 is 15.4 Å². The van der Waals surface area contributed by atoms with E-state index >= 15 is 0 Å². The second kappa shape index (κ2) is 11.0. The number of carbonyl (C=O) groups excluding carboxylic acids is 1. The van der Waals surface area contributed by atoms with Gasteiger partial charge < -0.3 is 20.3 Å². The first kappa shape index (κ1) is 22.1. The Balaban J connectivity index is 2.00. The molecule has 6 nitrogen and oxygen atoms in total. The van der Waals surface area contributed by atoms with Crippen molar-refractivity contribution in [2.45, 2.75) is 13.0 Å². The van der Waals surface area contributed by atoms with E-state index in [9.17, 15) is 13.6 Å². The minimum atomic E-state index is -0.482. The third kappa shape index (κ3) is 7.40. The van der Waals surface area contributed by atoms with Crippen molar-refractivity contribution in [2.75, 3.05) is 34.3 Å². The summed E-state index contributed by atoms with van der Waals surface area (Å²) in [7, 11) is 4.93. The van der Waals surface area contributed by atoms with Gasteiger partial charge >= 0.3 is 0 Å². The highest BCUT2D eigenvalue weighted by molar-refractivity contribution is 5.86. The molecule has 0 radical (unpaired) electrons. The molecule has 0 heterocycles. The van der Waals surface area contributed by atoms with Gasteiger partial charge in [-0.15, -0.1) is 0 Å². The van der Waals surface area contributed by atoms with Gasteiger partial charge in [0.15, 0.2) is 5.96 Å². The maximum Gasteiger partial charge on any atom is 0.241 e. The number of aliphatic imine (C=N–C) groups is 1. The molecule has 2 aromatic rings. The molecule has 1 amide bonds. The van der Waals surface area contributed by atoms with Crippen molar-refractivity contribution in [3.05, 3.63) is 65.2 Å². The molecule has 0 aromatic heterocycles. The van der Waals surface area contributed by atoms with Crippen molar-refractivity contribution in [3.8, 4) is 5.75 Å². The summed E-state index contributed by atoms with van der Waals surface area (Å²) in [5.74, 6) is 0.112. The molecule has 0 saturated heterocycles. The number of benzene rings is 2. The number of guanidine groups is 1. The van der Waals surface area contributed by atoms with Crippen molar-refractivity contribution in [1.82, 2.24) is 15.5 Å². The summed E-state index contributed by atoms with van der Waals surface area (Å²) in [6.07, 6.45) is 0.272. The van der Waals surface area contributed by atoms with Gasteiger partial charge in [0.2, 0.25) is 5.91 Å². The van der Waals surface area contributed by atoms with Crippen LogP contribution in [0.25, 0.3) is 0 Å². The Kier molecular flexibility index (Phi) is 8.39. The van der Waals surface area contributed by atoms with E-state index in [4.69, 9.17) is 4.74 Å². The molecule has 0 saturated carbocycles. The fourth-order valence-electron chi connectivity index (χ4n) is 2.44. The average molecular weight is 404 g/mol. The zero-order valence-electron chi connectivity index (χ0n) is 16.8. The number of ether oxygens (including phenoxy) is 1. The zero-order valence-corrected chi connectivity index (χ0v) is 16.8.